The van der Waals surface area contributed by atoms with Crippen LogP contribution in [0.15, 0.2) is 47.8 Å². The number of hydrogen-bond acceptors (Lipinski definition) is 4. The molecule has 0 amide bonds. The Kier molecular flexibility index (Phi) is 4.59. The zero-order chi connectivity index (χ0) is 18.0. The van der Waals surface area contributed by atoms with Crippen molar-refractivity contribution in [2.24, 2.45) is 0 Å². The van der Waals surface area contributed by atoms with Crippen LogP contribution in [0.25, 0.3) is 22.6 Å². The van der Waals surface area contributed by atoms with Crippen LogP contribution >= 0.6 is 11.3 Å². The molecular weight excluding hydrogens is 342 g/mol. The van der Waals surface area contributed by atoms with Crippen molar-refractivity contribution in [3.63, 3.8) is 0 Å². The number of benzene rings is 2. The van der Waals surface area contributed by atoms with Crippen LogP contribution in [0.4, 0.5) is 8.78 Å². The van der Waals surface area contributed by atoms with Crippen LogP contribution in [0.5, 0.6) is 0 Å². The third kappa shape index (κ3) is 3.14. The third-order valence-electron chi connectivity index (χ3n) is 3.69. The van der Waals surface area contributed by atoms with E-state index >= 15 is 0 Å². The van der Waals surface area contributed by atoms with Gasteiger partial charge in [0.2, 0.25) is 0 Å². The Balaban J connectivity index is 2.11. The standard InChI is InChI=1S/C19H12F2N2OS/c1-11-5-2-3-6-12(11)18(24)13(9-22)19-23-16(10-25-19)17-14(20)7-4-8-15(17)21/h2-8,10,24H,1H3. The Bertz CT molecular complexity index is 998. The predicted octanol–water partition coefficient (Wildman–Crippen LogP) is 5.35. The summed E-state index contributed by atoms with van der Waals surface area (Å²) < 4.78 is 27.8. The molecule has 1 aromatic heterocycles. The quantitative estimate of drug-likeness (QED) is 0.510. The molecule has 0 aliphatic heterocycles. The van der Waals surface area contributed by atoms with Crippen LogP contribution in [0, 0.1) is 29.9 Å². The van der Waals surface area contributed by atoms with E-state index in [-0.39, 0.29) is 27.6 Å². The minimum absolute atomic E-state index is 0.0395. The first-order chi connectivity index (χ1) is 12.0. The molecule has 0 fully saturated rings. The van der Waals surface area contributed by atoms with Crippen molar-refractivity contribution in [1.82, 2.24) is 4.98 Å². The third-order valence-corrected chi connectivity index (χ3v) is 4.55. The van der Waals surface area contributed by atoms with Gasteiger partial charge in [-0.1, -0.05) is 30.3 Å². The van der Waals surface area contributed by atoms with Gasteiger partial charge in [-0.3, -0.25) is 0 Å². The molecule has 0 unspecified atom stereocenters. The lowest BCUT2D eigenvalue weighted by Crippen LogP contribution is -1.94. The summed E-state index contributed by atoms with van der Waals surface area (Å²) in [5.74, 6) is -1.68. The van der Waals surface area contributed by atoms with Gasteiger partial charge in [-0.25, -0.2) is 13.8 Å². The van der Waals surface area contributed by atoms with Gasteiger partial charge in [0.1, 0.15) is 34.0 Å². The van der Waals surface area contributed by atoms with Gasteiger partial charge < -0.3 is 5.11 Å². The fourth-order valence-electron chi connectivity index (χ4n) is 2.42. The molecule has 124 valence electrons. The summed E-state index contributed by atoms with van der Waals surface area (Å²) in [6.07, 6.45) is 0. The molecule has 0 spiro atoms. The van der Waals surface area contributed by atoms with E-state index in [4.69, 9.17) is 0 Å². The topological polar surface area (TPSA) is 56.9 Å². The molecule has 3 rings (SSSR count). The Morgan fingerprint density at radius 2 is 1.80 bits per heavy atom. The van der Waals surface area contributed by atoms with Crippen LogP contribution in [-0.4, -0.2) is 10.1 Å². The van der Waals surface area contributed by atoms with E-state index in [1.165, 1.54) is 11.4 Å². The first-order valence-electron chi connectivity index (χ1n) is 7.32. The molecule has 3 aromatic rings. The van der Waals surface area contributed by atoms with Crippen molar-refractivity contribution < 1.29 is 13.9 Å². The van der Waals surface area contributed by atoms with Crippen molar-refractivity contribution in [2.75, 3.05) is 0 Å². The smallest absolute Gasteiger partial charge is 0.143 e. The second-order valence-electron chi connectivity index (χ2n) is 5.28. The Morgan fingerprint density at radius 3 is 2.44 bits per heavy atom. The molecule has 0 aliphatic carbocycles. The monoisotopic (exact) mass is 354 g/mol. The van der Waals surface area contributed by atoms with Gasteiger partial charge in [0.25, 0.3) is 0 Å². The molecule has 0 saturated heterocycles. The molecule has 0 saturated carbocycles. The fraction of sp³-hybridized carbons (Fsp3) is 0.0526. The van der Waals surface area contributed by atoms with Crippen molar-refractivity contribution in [1.29, 1.82) is 5.26 Å². The number of thiazole rings is 1. The van der Waals surface area contributed by atoms with E-state index < -0.39 is 11.6 Å². The van der Waals surface area contributed by atoms with Crippen LogP contribution in [-0.2, 0) is 0 Å². The lowest BCUT2D eigenvalue weighted by Gasteiger charge is -2.06. The number of rotatable bonds is 3. The number of allylic oxidation sites excluding steroid dienone is 1. The largest absolute Gasteiger partial charge is 0.506 e. The maximum absolute atomic E-state index is 13.9. The van der Waals surface area contributed by atoms with Gasteiger partial charge in [0.15, 0.2) is 0 Å². The van der Waals surface area contributed by atoms with E-state index in [0.717, 1.165) is 29.0 Å². The summed E-state index contributed by atoms with van der Waals surface area (Å²) in [5, 5.41) is 21.6. The Morgan fingerprint density at radius 1 is 1.12 bits per heavy atom. The first-order valence-corrected chi connectivity index (χ1v) is 8.20. The van der Waals surface area contributed by atoms with Gasteiger partial charge in [-0.2, -0.15) is 5.26 Å². The van der Waals surface area contributed by atoms with E-state index in [1.807, 2.05) is 25.1 Å². The zero-order valence-corrected chi connectivity index (χ0v) is 13.9. The van der Waals surface area contributed by atoms with Gasteiger partial charge >= 0.3 is 0 Å². The number of aliphatic hydroxyl groups excluding tert-OH is 1. The summed E-state index contributed by atoms with van der Waals surface area (Å²) in [6, 6.07) is 12.5. The SMILES string of the molecule is Cc1ccccc1C(O)=C(C#N)c1nc(-c2c(F)cccc2F)cs1. The van der Waals surface area contributed by atoms with Gasteiger partial charge in [0, 0.05) is 10.9 Å². The van der Waals surface area contributed by atoms with E-state index in [1.54, 1.807) is 12.1 Å². The van der Waals surface area contributed by atoms with Crippen molar-refractivity contribution in [2.45, 2.75) is 6.92 Å². The minimum Gasteiger partial charge on any atom is -0.506 e. The molecule has 0 aliphatic rings. The number of aromatic nitrogens is 1. The first kappa shape index (κ1) is 16.8. The average Bonchev–Trinajstić information content (AvgIpc) is 3.05. The molecule has 0 radical (unpaired) electrons. The number of halogens is 2. The summed E-state index contributed by atoms with van der Waals surface area (Å²) in [5.41, 5.74) is 1.10. The lowest BCUT2D eigenvalue weighted by atomic mass is 10.0. The molecule has 2 aromatic carbocycles. The van der Waals surface area contributed by atoms with E-state index in [2.05, 4.69) is 4.98 Å². The van der Waals surface area contributed by atoms with Crippen LogP contribution < -0.4 is 0 Å². The van der Waals surface area contributed by atoms with Crippen molar-refractivity contribution in [3.05, 3.63) is 75.6 Å². The normalized spacial score (nSPS) is 11.8. The Hall–Kier alpha value is -3.04. The van der Waals surface area contributed by atoms with Crippen molar-refractivity contribution >= 4 is 22.7 Å². The summed E-state index contributed by atoms with van der Waals surface area (Å²) in [4.78, 5) is 4.15. The Labute approximate surface area is 147 Å². The molecule has 1 heterocycles. The van der Waals surface area contributed by atoms with Crippen LogP contribution in [0.2, 0.25) is 0 Å². The second kappa shape index (κ2) is 6.83. The van der Waals surface area contributed by atoms with E-state index in [9.17, 15) is 19.1 Å². The van der Waals surface area contributed by atoms with Gasteiger partial charge in [-0.05, 0) is 24.6 Å². The molecule has 6 heteroatoms. The van der Waals surface area contributed by atoms with Gasteiger partial charge in [-0.15, -0.1) is 11.3 Å². The second-order valence-corrected chi connectivity index (χ2v) is 6.14. The molecular formula is C19H12F2N2OS. The molecule has 1 N–H and O–H groups in total. The number of aliphatic hydroxyl groups is 1. The highest BCUT2D eigenvalue weighted by Crippen LogP contribution is 2.32. The molecule has 3 nitrogen and oxygen atoms in total. The summed E-state index contributed by atoms with van der Waals surface area (Å²) in [6.45, 7) is 1.81. The summed E-state index contributed by atoms with van der Waals surface area (Å²) in [7, 11) is 0. The summed E-state index contributed by atoms with van der Waals surface area (Å²) >= 11 is 1.04. The highest BCUT2D eigenvalue weighted by atomic mass is 32.1. The number of hydrogen-bond donors (Lipinski definition) is 1. The fourth-order valence-corrected chi connectivity index (χ4v) is 3.23. The molecule has 25 heavy (non-hydrogen) atoms. The zero-order valence-electron chi connectivity index (χ0n) is 13.1. The highest BCUT2D eigenvalue weighted by molar-refractivity contribution is 7.11. The lowest BCUT2D eigenvalue weighted by molar-refractivity contribution is 0.513. The number of nitriles is 1. The van der Waals surface area contributed by atoms with Crippen molar-refractivity contribution in [3.8, 4) is 17.3 Å². The number of aryl methyl sites for hydroxylation is 1. The minimum atomic E-state index is -0.734. The number of nitrogens with zero attached hydrogens (tertiary/aromatic N) is 2. The maximum atomic E-state index is 13.9. The highest BCUT2D eigenvalue weighted by Gasteiger charge is 2.19. The maximum Gasteiger partial charge on any atom is 0.143 e. The van der Waals surface area contributed by atoms with Crippen LogP contribution in [0.3, 0.4) is 0 Å². The molecule has 0 atom stereocenters. The molecule has 0 bridgehead atoms. The average molecular weight is 354 g/mol. The van der Waals surface area contributed by atoms with Crippen LogP contribution in [0.1, 0.15) is 16.1 Å². The van der Waals surface area contributed by atoms with Gasteiger partial charge in [0.05, 0.1) is 11.3 Å². The van der Waals surface area contributed by atoms with E-state index in [0.29, 0.717) is 5.56 Å². The predicted molar refractivity (Wildman–Crippen MR) is 93.7 cm³/mol.